The third-order valence-corrected chi connectivity index (χ3v) is 7.09. The molecule has 0 aliphatic carbocycles. The molecule has 9 heteroatoms. The molecule has 0 saturated carbocycles. The number of benzene rings is 1. The van der Waals surface area contributed by atoms with E-state index in [1.165, 1.54) is 4.31 Å². The Bertz CT molecular complexity index is 787. The summed E-state index contributed by atoms with van der Waals surface area (Å²) in [6.07, 6.45) is 0.607. The smallest absolute Gasteiger partial charge is 0.407 e. The molecule has 1 aliphatic heterocycles. The van der Waals surface area contributed by atoms with E-state index < -0.39 is 16.1 Å². The van der Waals surface area contributed by atoms with E-state index >= 15 is 0 Å². The number of carbonyl (C=O) groups excluding carboxylic acids is 2. The summed E-state index contributed by atoms with van der Waals surface area (Å²) >= 11 is 0. The lowest BCUT2D eigenvalue weighted by atomic mass is 9.99. The van der Waals surface area contributed by atoms with E-state index in [0.717, 1.165) is 12.0 Å². The van der Waals surface area contributed by atoms with Crippen molar-refractivity contribution in [1.29, 1.82) is 0 Å². The van der Waals surface area contributed by atoms with Crippen LogP contribution in [0.1, 0.15) is 45.1 Å². The highest BCUT2D eigenvalue weighted by Gasteiger charge is 2.30. The van der Waals surface area contributed by atoms with Gasteiger partial charge in [0.1, 0.15) is 0 Å². The summed E-state index contributed by atoms with van der Waals surface area (Å²) in [6, 6.07) is 7.07. The van der Waals surface area contributed by atoms with Gasteiger partial charge in [-0.25, -0.2) is 13.2 Å². The molecule has 8 nitrogen and oxygen atoms in total. The summed E-state index contributed by atoms with van der Waals surface area (Å²) in [6.45, 7) is 7.57. The number of rotatable bonds is 8. The first-order chi connectivity index (χ1) is 13.8. The Kier molecular flexibility index (Phi) is 8.45. The zero-order valence-electron chi connectivity index (χ0n) is 17.4. The van der Waals surface area contributed by atoms with Gasteiger partial charge in [0.15, 0.2) is 0 Å². The van der Waals surface area contributed by atoms with E-state index in [-0.39, 0.29) is 43.5 Å². The number of piperazine rings is 1. The van der Waals surface area contributed by atoms with E-state index in [9.17, 15) is 18.0 Å². The van der Waals surface area contributed by atoms with E-state index in [0.29, 0.717) is 19.0 Å². The quantitative estimate of drug-likeness (QED) is 0.689. The molecular formula is C20H31N3O5S. The lowest BCUT2D eigenvalue weighted by Crippen LogP contribution is -2.50. The largest absolute Gasteiger partial charge is 0.450 e. The molecule has 0 aromatic heterocycles. The molecule has 0 bridgehead atoms. The molecule has 162 valence electrons. The van der Waals surface area contributed by atoms with Gasteiger partial charge >= 0.3 is 6.09 Å². The fourth-order valence-electron chi connectivity index (χ4n) is 3.14. The highest BCUT2D eigenvalue weighted by atomic mass is 32.2. The minimum absolute atomic E-state index is 0.114. The van der Waals surface area contributed by atoms with Crippen LogP contribution in [0.5, 0.6) is 0 Å². The minimum atomic E-state index is -3.57. The van der Waals surface area contributed by atoms with Crippen molar-refractivity contribution >= 4 is 22.0 Å². The zero-order valence-corrected chi connectivity index (χ0v) is 18.2. The molecule has 29 heavy (non-hydrogen) atoms. The number of nitrogens with one attached hydrogen (secondary N) is 1. The van der Waals surface area contributed by atoms with Crippen LogP contribution in [0.3, 0.4) is 0 Å². The number of ether oxygens (including phenoxy) is 1. The van der Waals surface area contributed by atoms with Crippen LogP contribution in [0.2, 0.25) is 0 Å². The van der Waals surface area contributed by atoms with Gasteiger partial charge in [-0.1, -0.05) is 26.0 Å². The van der Waals surface area contributed by atoms with Crippen LogP contribution in [0, 0.1) is 0 Å². The molecule has 1 fully saturated rings. The van der Waals surface area contributed by atoms with E-state index in [1.807, 2.05) is 12.1 Å². The van der Waals surface area contributed by atoms with Crippen molar-refractivity contribution < 1.29 is 22.7 Å². The first-order valence-electron chi connectivity index (χ1n) is 10.1. The Morgan fingerprint density at radius 2 is 1.72 bits per heavy atom. The molecule has 1 heterocycles. The first-order valence-corrected chi connectivity index (χ1v) is 11.5. The molecule has 1 aliphatic rings. The lowest BCUT2D eigenvalue weighted by Gasteiger charge is -2.34. The molecule has 1 unspecified atom stereocenters. The van der Waals surface area contributed by atoms with E-state index in [1.54, 1.807) is 24.0 Å². The predicted octanol–water partition coefficient (Wildman–Crippen LogP) is 2.17. The average molecular weight is 426 g/mol. The molecule has 0 radical (unpaired) electrons. The number of carbonyl (C=O) groups is 2. The van der Waals surface area contributed by atoms with Gasteiger partial charge in [0.05, 0.1) is 11.5 Å². The molecule has 1 atom stereocenters. The van der Waals surface area contributed by atoms with E-state index in [4.69, 9.17) is 4.74 Å². The van der Waals surface area contributed by atoms with Gasteiger partial charge in [-0.15, -0.1) is 0 Å². The van der Waals surface area contributed by atoms with Crippen LogP contribution in [0.15, 0.2) is 29.2 Å². The normalized spacial score (nSPS) is 16.3. The fraction of sp³-hybridized carbons (Fsp3) is 0.600. The SMILES string of the molecule is CCOC(=O)NCCC(=O)N1CCN(S(=O)(=O)c2ccc(C(C)CC)cc2)CC1. The molecule has 2 rings (SSSR count). The van der Waals surface area contributed by atoms with Gasteiger partial charge in [0, 0.05) is 39.1 Å². The highest BCUT2D eigenvalue weighted by Crippen LogP contribution is 2.23. The van der Waals surface area contributed by atoms with Gasteiger partial charge in [0.2, 0.25) is 15.9 Å². The van der Waals surface area contributed by atoms with Crippen LogP contribution in [0.4, 0.5) is 4.79 Å². The maximum absolute atomic E-state index is 12.9. The molecule has 1 aromatic rings. The van der Waals surface area contributed by atoms with Crippen molar-refractivity contribution in [2.24, 2.45) is 0 Å². The third-order valence-electron chi connectivity index (χ3n) is 5.17. The molecule has 0 spiro atoms. The highest BCUT2D eigenvalue weighted by molar-refractivity contribution is 7.89. The van der Waals surface area contributed by atoms with Gasteiger partial charge in [-0.3, -0.25) is 4.79 Å². The molecule has 1 N–H and O–H groups in total. The van der Waals surface area contributed by atoms with Crippen LogP contribution >= 0.6 is 0 Å². The van der Waals surface area contributed by atoms with Gasteiger partial charge < -0.3 is 15.0 Å². The topological polar surface area (TPSA) is 96.0 Å². The van der Waals surface area contributed by atoms with Gasteiger partial charge in [-0.05, 0) is 37.0 Å². The Morgan fingerprint density at radius 3 is 2.28 bits per heavy atom. The van der Waals surface area contributed by atoms with Crippen LogP contribution in [-0.4, -0.2) is 69.0 Å². The number of nitrogens with zero attached hydrogens (tertiary/aromatic N) is 2. The summed E-state index contributed by atoms with van der Waals surface area (Å²) in [4.78, 5) is 25.4. The van der Waals surface area contributed by atoms with Crippen LogP contribution in [-0.2, 0) is 19.6 Å². The summed E-state index contributed by atoms with van der Waals surface area (Å²) in [7, 11) is -3.57. The summed E-state index contributed by atoms with van der Waals surface area (Å²) in [5, 5.41) is 2.51. The van der Waals surface area contributed by atoms with E-state index in [2.05, 4.69) is 19.2 Å². The lowest BCUT2D eigenvalue weighted by molar-refractivity contribution is -0.132. The Labute approximate surface area is 173 Å². The molecule has 2 amide bonds. The Morgan fingerprint density at radius 1 is 1.10 bits per heavy atom. The monoisotopic (exact) mass is 425 g/mol. The first kappa shape index (κ1) is 23.2. The third kappa shape index (κ3) is 6.17. The van der Waals surface area contributed by atoms with Crippen LogP contribution < -0.4 is 5.32 Å². The number of hydrogen-bond donors (Lipinski definition) is 1. The zero-order chi connectivity index (χ0) is 21.4. The average Bonchev–Trinajstić information content (AvgIpc) is 2.73. The van der Waals surface area contributed by atoms with Gasteiger partial charge in [-0.2, -0.15) is 4.31 Å². The maximum Gasteiger partial charge on any atom is 0.407 e. The fourth-order valence-corrected chi connectivity index (χ4v) is 4.56. The second-order valence-corrected chi connectivity index (χ2v) is 9.00. The van der Waals surface area contributed by atoms with Crippen molar-refractivity contribution in [3.8, 4) is 0 Å². The van der Waals surface area contributed by atoms with Crippen molar-refractivity contribution in [1.82, 2.24) is 14.5 Å². The van der Waals surface area contributed by atoms with Gasteiger partial charge in [0.25, 0.3) is 0 Å². The predicted molar refractivity (Wildman–Crippen MR) is 110 cm³/mol. The van der Waals surface area contributed by atoms with Crippen molar-refractivity contribution in [3.05, 3.63) is 29.8 Å². The standard InChI is InChI=1S/C20H31N3O5S/c1-4-16(3)17-6-8-18(9-7-17)29(26,27)23-14-12-22(13-15-23)19(24)10-11-21-20(25)28-5-2/h6-9,16H,4-5,10-15H2,1-3H3,(H,21,25). The van der Waals surface area contributed by atoms with Crippen LogP contribution in [0.25, 0.3) is 0 Å². The minimum Gasteiger partial charge on any atom is -0.450 e. The second-order valence-electron chi connectivity index (χ2n) is 7.06. The molecule has 1 aromatic carbocycles. The number of amides is 2. The Hall–Kier alpha value is -2.13. The summed E-state index contributed by atoms with van der Waals surface area (Å²) in [5.74, 6) is 0.274. The molecule has 1 saturated heterocycles. The van der Waals surface area contributed by atoms with Crippen molar-refractivity contribution in [2.75, 3.05) is 39.3 Å². The summed E-state index contributed by atoms with van der Waals surface area (Å²) < 4.78 is 31.9. The molecular weight excluding hydrogens is 394 g/mol. The van der Waals surface area contributed by atoms with Crippen molar-refractivity contribution in [3.63, 3.8) is 0 Å². The number of alkyl carbamates (subject to hydrolysis) is 1. The number of sulfonamides is 1. The maximum atomic E-state index is 12.9. The number of hydrogen-bond acceptors (Lipinski definition) is 5. The summed E-state index contributed by atoms with van der Waals surface area (Å²) in [5.41, 5.74) is 1.12. The van der Waals surface area contributed by atoms with Crippen molar-refractivity contribution in [2.45, 2.75) is 44.4 Å². The second kappa shape index (κ2) is 10.6. The Balaban J connectivity index is 1.87.